The van der Waals surface area contributed by atoms with E-state index in [1.807, 2.05) is 60.7 Å². The molecule has 0 aliphatic carbocycles. The summed E-state index contributed by atoms with van der Waals surface area (Å²) in [6.45, 7) is 0. The molecule has 4 atom stereocenters. The number of aliphatic imine (C=N–C) groups is 2. The van der Waals surface area contributed by atoms with Gasteiger partial charge in [0.05, 0.1) is 26.1 Å². The molecule has 2 aliphatic heterocycles. The highest BCUT2D eigenvalue weighted by atomic mass is 32.2. The molecule has 46 heavy (non-hydrogen) atoms. The van der Waals surface area contributed by atoms with Crippen LogP contribution >= 0.6 is 24.0 Å². The summed E-state index contributed by atoms with van der Waals surface area (Å²) in [5.41, 5.74) is 14.8. The van der Waals surface area contributed by atoms with Crippen molar-refractivity contribution in [1.82, 2.24) is 0 Å². The smallest absolute Gasteiger partial charge is 0.222 e. The van der Waals surface area contributed by atoms with Crippen molar-refractivity contribution in [3.63, 3.8) is 0 Å². The van der Waals surface area contributed by atoms with Crippen LogP contribution in [-0.4, -0.2) is 42.6 Å². The first-order chi connectivity index (χ1) is 22.3. The zero-order valence-electron chi connectivity index (χ0n) is 25.2. The minimum Gasteiger partial charge on any atom is -0.497 e. The number of rotatable bonds is 8. The minimum absolute atomic E-state index is 0.00844. The molecule has 4 aromatic rings. The van der Waals surface area contributed by atoms with E-state index in [0.717, 1.165) is 11.1 Å². The van der Waals surface area contributed by atoms with Crippen LogP contribution in [-0.2, 0) is 0 Å². The molecule has 6 rings (SSSR count). The molecule has 0 aromatic heterocycles. The maximum atomic E-state index is 15.0. The molecule has 1 saturated heterocycles. The topological polar surface area (TPSA) is 129 Å². The van der Waals surface area contributed by atoms with Crippen molar-refractivity contribution < 1.29 is 19.1 Å². The highest BCUT2D eigenvalue weighted by Gasteiger charge is 2.66. The summed E-state index contributed by atoms with van der Waals surface area (Å²) in [6, 6.07) is 33.0. The van der Waals surface area contributed by atoms with Gasteiger partial charge in [-0.25, -0.2) is 9.98 Å². The van der Waals surface area contributed by atoms with Gasteiger partial charge in [0.1, 0.15) is 28.6 Å². The van der Waals surface area contributed by atoms with E-state index in [1.165, 1.54) is 11.8 Å². The Bertz CT molecular complexity index is 1690. The van der Waals surface area contributed by atoms with E-state index in [0.29, 0.717) is 22.6 Å². The Labute approximate surface area is 276 Å². The van der Waals surface area contributed by atoms with E-state index in [-0.39, 0.29) is 28.4 Å². The van der Waals surface area contributed by atoms with Gasteiger partial charge in [-0.15, -0.1) is 11.8 Å². The van der Waals surface area contributed by atoms with Crippen molar-refractivity contribution in [3.05, 3.63) is 131 Å². The number of ether oxygens (including phenoxy) is 2. The highest BCUT2D eigenvalue weighted by Crippen LogP contribution is 2.65. The van der Waals surface area contributed by atoms with E-state index in [2.05, 4.69) is 9.98 Å². The Kier molecular flexibility index (Phi) is 8.75. The number of benzene rings is 4. The molecule has 4 aromatic carbocycles. The van der Waals surface area contributed by atoms with Crippen molar-refractivity contribution >= 4 is 52.3 Å². The van der Waals surface area contributed by atoms with Crippen molar-refractivity contribution in [2.75, 3.05) is 14.2 Å². The van der Waals surface area contributed by atoms with Gasteiger partial charge >= 0.3 is 0 Å². The number of carbonyl (C=O) groups is 2. The second-order valence-electron chi connectivity index (χ2n) is 11.1. The summed E-state index contributed by atoms with van der Waals surface area (Å²) in [5, 5.41) is -1.14. The summed E-state index contributed by atoms with van der Waals surface area (Å²) < 4.78 is 10.9. The summed E-state index contributed by atoms with van der Waals surface area (Å²) in [4.78, 5) is 38.9. The van der Waals surface area contributed by atoms with E-state index < -0.39 is 27.8 Å². The van der Waals surface area contributed by atoms with Crippen LogP contribution in [0.2, 0.25) is 0 Å². The fourth-order valence-corrected chi connectivity index (χ4v) is 8.68. The van der Waals surface area contributed by atoms with Crippen LogP contribution in [0.15, 0.2) is 119 Å². The van der Waals surface area contributed by atoms with Crippen LogP contribution < -0.4 is 20.9 Å². The molecular weight excluding hydrogens is 617 g/mol. The Morgan fingerprint density at radius 2 is 1.02 bits per heavy atom. The number of methoxy groups -OCH3 is 2. The monoisotopic (exact) mass is 648 g/mol. The maximum Gasteiger partial charge on any atom is 0.222 e. The molecule has 4 unspecified atom stereocenters. The quantitative estimate of drug-likeness (QED) is 0.170. The van der Waals surface area contributed by atoms with Gasteiger partial charge in [0.25, 0.3) is 0 Å². The van der Waals surface area contributed by atoms with Gasteiger partial charge in [0, 0.05) is 21.6 Å². The average Bonchev–Trinajstić information content (AvgIpc) is 3.10. The largest absolute Gasteiger partial charge is 0.497 e. The predicted molar refractivity (Wildman–Crippen MR) is 186 cm³/mol. The summed E-state index contributed by atoms with van der Waals surface area (Å²) in [5.74, 6) is -1.14. The van der Waals surface area contributed by atoms with Gasteiger partial charge < -0.3 is 20.9 Å². The summed E-state index contributed by atoms with van der Waals surface area (Å²) >= 11 is 6.89. The third-order valence-electron chi connectivity index (χ3n) is 8.73. The van der Waals surface area contributed by atoms with Gasteiger partial charge in [-0.3, -0.25) is 9.59 Å². The standard InChI is InChI=1S/C36H32N4O4S2/c1-43-25-17-13-23(14-18-25)31-27(29(41)21-9-5-3-6-10-21)36(33(37)39-35(45)40-34(36)38)28(30(42)22-11-7-4-8-12-22)32(46-31)24-15-19-26(44-2)20-16-24/h3-20,27-28,31-32H,1-2H3,(H4,37,38,39,40,45). The molecule has 0 radical (unpaired) electrons. The average molecular weight is 649 g/mol. The van der Waals surface area contributed by atoms with Gasteiger partial charge in [0.15, 0.2) is 11.6 Å². The van der Waals surface area contributed by atoms with Gasteiger partial charge in [0.2, 0.25) is 5.11 Å². The molecule has 4 N–H and O–H groups in total. The summed E-state index contributed by atoms with van der Waals surface area (Å²) in [6.07, 6.45) is 0. The molecule has 8 nitrogen and oxygen atoms in total. The number of thioether (sulfide) groups is 1. The fraction of sp³-hybridized carbons (Fsp3) is 0.194. The van der Waals surface area contributed by atoms with Crippen molar-refractivity contribution in [2.45, 2.75) is 10.5 Å². The van der Waals surface area contributed by atoms with Crippen LogP contribution in [0.4, 0.5) is 0 Å². The number of ketones is 2. The van der Waals surface area contributed by atoms with Gasteiger partial charge in [-0.2, -0.15) is 0 Å². The molecule has 232 valence electrons. The second kappa shape index (κ2) is 12.9. The SMILES string of the molecule is COc1ccc(C2SC(c3ccc(OC)cc3)C(C(=O)c3ccccc3)C3(C(N)=NC(=S)N=C3N)C2C(=O)c2ccccc2)cc1. The van der Waals surface area contributed by atoms with E-state index in [9.17, 15) is 9.59 Å². The van der Waals surface area contributed by atoms with E-state index in [4.69, 9.17) is 33.2 Å². The lowest BCUT2D eigenvalue weighted by Crippen LogP contribution is -2.65. The number of nitrogens with zero attached hydrogens (tertiary/aromatic N) is 2. The highest BCUT2D eigenvalue weighted by molar-refractivity contribution is 7.99. The van der Waals surface area contributed by atoms with Gasteiger partial charge in [-0.1, -0.05) is 84.9 Å². The fourth-order valence-electron chi connectivity index (χ4n) is 6.55. The van der Waals surface area contributed by atoms with Crippen LogP contribution in [0.25, 0.3) is 0 Å². The number of hydrogen-bond donors (Lipinski definition) is 2. The van der Waals surface area contributed by atoms with Crippen molar-refractivity contribution in [1.29, 1.82) is 0 Å². The number of hydrogen-bond acceptors (Lipinski definition) is 8. The molecule has 1 spiro atoms. The van der Waals surface area contributed by atoms with Gasteiger partial charge in [-0.05, 0) is 47.6 Å². The number of Topliss-reactive ketones (excluding diaryl/α,β-unsaturated/α-hetero) is 2. The molecule has 0 bridgehead atoms. The molecule has 0 saturated carbocycles. The molecular formula is C36H32N4O4S2. The predicted octanol–water partition coefficient (Wildman–Crippen LogP) is 6.23. The normalized spacial score (nSPS) is 22.0. The zero-order valence-corrected chi connectivity index (χ0v) is 26.8. The maximum absolute atomic E-state index is 15.0. The Morgan fingerprint density at radius 1 is 0.652 bits per heavy atom. The molecule has 1 fully saturated rings. The molecule has 0 amide bonds. The lowest BCUT2D eigenvalue weighted by molar-refractivity contribution is 0.0719. The van der Waals surface area contributed by atoms with E-state index in [1.54, 1.807) is 62.8 Å². The Morgan fingerprint density at radius 3 is 1.37 bits per heavy atom. The number of nitrogens with two attached hydrogens (primary N) is 2. The first kappa shape index (κ1) is 31.2. The van der Waals surface area contributed by atoms with Crippen LogP contribution in [0.1, 0.15) is 42.3 Å². The number of thiocarbonyl (C=S) groups is 1. The third-order valence-corrected chi connectivity index (χ3v) is 10.6. The minimum atomic E-state index is -1.64. The van der Waals surface area contributed by atoms with Crippen molar-refractivity contribution in [2.24, 2.45) is 38.7 Å². The Balaban J connectivity index is 1.68. The second-order valence-corrected chi connectivity index (χ2v) is 12.7. The third kappa shape index (κ3) is 5.37. The molecule has 2 heterocycles. The first-order valence-electron chi connectivity index (χ1n) is 14.6. The van der Waals surface area contributed by atoms with Crippen molar-refractivity contribution in [3.8, 4) is 11.5 Å². The van der Waals surface area contributed by atoms with E-state index >= 15 is 0 Å². The zero-order chi connectivity index (χ0) is 32.4. The van der Waals surface area contributed by atoms with Crippen LogP contribution in [0, 0.1) is 17.3 Å². The number of carbonyl (C=O) groups excluding carboxylic acids is 2. The Hall–Kier alpha value is -4.80. The lowest BCUT2D eigenvalue weighted by atomic mass is 9.56. The molecule has 2 aliphatic rings. The molecule has 10 heteroatoms. The summed E-state index contributed by atoms with van der Waals surface area (Å²) in [7, 11) is 3.19. The van der Waals surface area contributed by atoms with Crippen LogP contribution in [0.5, 0.6) is 11.5 Å². The van der Waals surface area contributed by atoms with Crippen LogP contribution in [0.3, 0.4) is 0 Å². The first-order valence-corrected chi connectivity index (χ1v) is 16.0. The lowest BCUT2D eigenvalue weighted by Gasteiger charge is -2.54. The number of amidine groups is 2.